The topological polar surface area (TPSA) is 62.1 Å². The van der Waals surface area contributed by atoms with Gasteiger partial charge in [0, 0.05) is 20.1 Å². The van der Waals surface area contributed by atoms with Gasteiger partial charge in [0.2, 0.25) is 5.91 Å². The van der Waals surface area contributed by atoms with Crippen LogP contribution >= 0.6 is 0 Å². The molecule has 17 heavy (non-hydrogen) atoms. The molecular formula is C12H13FN2O2. The van der Waals surface area contributed by atoms with Gasteiger partial charge in [-0.2, -0.15) is 5.26 Å². The van der Waals surface area contributed by atoms with E-state index in [1.807, 2.05) is 0 Å². The van der Waals surface area contributed by atoms with Crippen molar-refractivity contribution in [1.29, 1.82) is 5.26 Å². The van der Waals surface area contributed by atoms with Gasteiger partial charge in [-0.15, -0.1) is 0 Å². The van der Waals surface area contributed by atoms with Crippen LogP contribution in [-0.2, 0) is 9.53 Å². The zero-order valence-electron chi connectivity index (χ0n) is 9.50. The minimum absolute atomic E-state index is 0.146. The number of benzene rings is 1. The van der Waals surface area contributed by atoms with Gasteiger partial charge in [-0.25, -0.2) is 4.39 Å². The number of hydrogen-bond acceptors (Lipinski definition) is 3. The summed E-state index contributed by atoms with van der Waals surface area (Å²) >= 11 is 0. The molecule has 0 aromatic heterocycles. The molecule has 0 spiro atoms. The Balaban J connectivity index is 2.66. The molecule has 90 valence electrons. The number of nitrogens with zero attached hydrogens (tertiary/aromatic N) is 1. The molecule has 0 saturated carbocycles. The van der Waals surface area contributed by atoms with Crippen LogP contribution < -0.4 is 5.32 Å². The molecule has 1 amide bonds. The molecule has 0 bridgehead atoms. The van der Waals surface area contributed by atoms with Crippen LogP contribution in [0, 0.1) is 17.1 Å². The average Bonchev–Trinajstić information content (AvgIpc) is 2.29. The maximum Gasteiger partial charge on any atom is 0.224 e. The average molecular weight is 236 g/mol. The number of rotatable bonds is 5. The van der Waals surface area contributed by atoms with E-state index in [0.29, 0.717) is 13.0 Å². The molecular weight excluding hydrogens is 223 g/mol. The van der Waals surface area contributed by atoms with Crippen LogP contribution in [0.2, 0.25) is 0 Å². The molecule has 0 atom stereocenters. The maximum absolute atomic E-state index is 13.2. The van der Waals surface area contributed by atoms with Crippen molar-refractivity contribution >= 4 is 11.6 Å². The van der Waals surface area contributed by atoms with Crippen LogP contribution in [-0.4, -0.2) is 19.6 Å². The van der Waals surface area contributed by atoms with Gasteiger partial charge in [0.1, 0.15) is 17.4 Å². The Hall–Kier alpha value is -1.93. The van der Waals surface area contributed by atoms with Crippen LogP contribution in [0.4, 0.5) is 10.1 Å². The summed E-state index contributed by atoms with van der Waals surface area (Å²) in [7, 11) is 1.55. The normalized spacial score (nSPS) is 9.71. The number of carbonyl (C=O) groups is 1. The Morgan fingerprint density at radius 1 is 1.59 bits per heavy atom. The SMILES string of the molecule is COCCCC(=O)Nc1cccc(F)c1C#N. The van der Waals surface area contributed by atoms with Gasteiger partial charge >= 0.3 is 0 Å². The Kier molecular flexibility index (Phi) is 5.11. The van der Waals surface area contributed by atoms with Crippen molar-refractivity contribution in [2.24, 2.45) is 0 Å². The lowest BCUT2D eigenvalue weighted by Crippen LogP contribution is -2.13. The molecule has 1 N–H and O–H groups in total. The smallest absolute Gasteiger partial charge is 0.224 e. The largest absolute Gasteiger partial charge is 0.385 e. The van der Waals surface area contributed by atoms with Gasteiger partial charge in [0.05, 0.1) is 5.69 Å². The molecule has 1 aromatic carbocycles. The Bertz CT molecular complexity index is 441. The van der Waals surface area contributed by atoms with Crippen LogP contribution in [0.3, 0.4) is 0 Å². The van der Waals surface area contributed by atoms with Crippen molar-refractivity contribution in [2.45, 2.75) is 12.8 Å². The molecule has 0 aliphatic rings. The predicted octanol–water partition coefficient (Wildman–Crippen LogP) is 2.06. The van der Waals surface area contributed by atoms with E-state index in [1.165, 1.54) is 18.2 Å². The highest BCUT2D eigenvalue weighted by Crippen LogP contribution is 2.17. The van der Waals surface area contributed by atoms with Crippen LogP contribution in [0.15, 0.2) is 18.2 Å². The Morgan fingerprint density at radius 3 is 3.00 bits per heavy atom. The first-order valence-corrected chi connectivity index (χ1v) is 5.16. The fourth-order valence-electron chi connectivity index (χ4n) is 1.33. The molecule has 1 rings (SSSR count). The van der Waals surface area contributed by atoms with Crippen molar-refractivity contribution in [3.63, 3.8) is 0 Å². The highest BCUT2D eigenvalue weighted by atomic mass is 19.1. The van der Waals surface area contributed by atoms with E-state index in [1.54, 1.807) is 13.2 Å². The maximum atomic E-state index is 13.2. The van der Waals surface area contributed by atoms with Gasteiger partial charge in [-0.3, -0.25) is 4.79 Å². The van der Waals surface area contributed by atoms with Crippen LogP contribution in [0.25, 0.3) is 0 Å². The van der Waals surface area contributed by atoms with Crippen molar-refractivity contribution in [3.8, 4) is 6.07 Å². The lowest BCUT2D eigenvalue weighted by Gasteiger charge is -2.07. The molecule has 0 aliphatic carbocycles. The van der Waals surface area contributed by atoms with Crippen molar-refractivity contribution in [2.75, 3.05) is 19.0 Å². The third-order valence-corrected chi connectivity index (χ3v) is 2.15. The third kappa shape index (κ3) is 3.85. The number of methoxy groups -OCH3 is 1. The molecule has 0 saturated heterocycles. The van der Waals surface area contributed by atoms with Crippen molar-refractivity contribution in [1.82, 2.24) is 0 Å². The Morgan fingerprint density at radius 2 is 2.35 bits per heavy atom. The Labute approximate surface area is 99.0 Å². The quantitative estimate of drug-likeness (QED) is 0.796. The molecule has 0 aliphatic heterocycles. The summed E-state index contributed by atoms with van der Waals surface area (Å²) in [5, 5.41) is 11.3. The van der Waals surface area contributed by atoms with Crippen LogP contribution in [0.5, 0.6) is 0 Å². The highest BCUT2D eigenvalue weighted by Gasteiger charge is 2.10. The zero-order chi connectivity index (χ0) is 12.7. The van der Waals surface area contributed by atoms with Crippen LogP contribution in [0.1, 0.15) is 18.4 Å². The monoisotopic (exact) mass is 236 g/mol. The minimum Gasteiger partial charge on any atom is -0.385 e. The van der Waals surface area contributed by atoms with Gasteiger partial charge in [0.25, 0.3) is 0 Å². The van der Waals surface area contributed by atoms with E-state index in [9.17, 15) is 9.18 Å². The van der Waals surface area contributed by atoms with Gasteiger partial charge in [-0.05, 0) is 18.6 Å². The molecule has 0 radical (unpaired) electrons. The summed E-state index contributed by atoms with van der Waals surface area (Å²) in [4.78, 5) is 11.5. The summed E-state index contributed by atoms with van der Waals surface area (Å²) in [5.74, 6) is -0.897. The number of nitriles is 1. The lowest BCUT2D eigenvalue weighted by atomic mass is 10.1. The fourth-order valence-corrected chi connectivity index (χ4v) is 1.33. The molecule has 0 unspecified atom stereocenters. The van der Waals surface area contributed by atoms with Crippen molar-refractivity contribution in [3.05, 3.63) is 29.6 Å². The second-order valence-corrected chi connectivity index (χ2v) is 3.42. The van der Waals surface area contributed by atoms with E-state index < -0.39 is 5.82 Å². The van der Waals surface area contributed by atoms with Gasteiger partial charge in [-0.1, -0.05) is 6.07 Å². The number of halogens is 1. The number of hydrogen-bond donors (Lipinski definition) is 1. The molecule has 1 aromatic rings. The van der Waals surface area contributed by atoms with E-state index in [4.69, 9.17) is 10.00 Å². The second-order valence-electron chi connectivity index (χ2n) is 3.42. The first kappa shape index (κ1) is 13.1. The number of ether oxygens (including phenoxy) is 1. The number of anilines is 1. The summed E-state index contributed by atoms with van der Waals surface area (Å²) in [6, 6.07) is 5.84. The van der Waals surface area contributed by atoms with E-state index >= 15 is 0 Å². The number of carbonyl (C=O) groups excluding carboxylic acids is 1. The number of amides is 1. The molecule has 5 heteroatoms. The van der Waals surface area contributed by atoms with E-state index in [0.717, 1.165) is 0 Å². The van der Waals surface area contributed by atoms with E-state index in [2.05, 4.69) is 5.32 Å². The highest BCUT2D eigenvalue weighted by molar-refractivity contribution is 5.92. The minimum atomic E-state index is -0.637. The summed E-state index contributed by atoms with van der Waals surface area (Å²) in [6.07, 6.45) is 0.856. The number of nitrogens with one attached hydrogen (secondary N) is 1. The van der Waals surface area contributed by atoms with Gasteiger partial charge < -0.3 is 10.1 Å². The molecule has 4 nitrogen and oxygen atoms in total. The third-order valence-electron chi connectivity index (χ3n) is 2.15. The summed E-state index contributed by atoms with van der Waals surface area (Å²) in [6.45, 7) is 0.488. The van der Waals surface area contributed by atoms with Crippen molar-refractivity contribution < 1.29 is 13.9 Å². The first-order chi connectivity index (χ1) is 8.19. The second kappa shape index (κ2) is 6.61. The summed E-state index contributed by atoms with van der Waals surface area (Å²) in [5.41, 5.74) is 0.0579. The fraction of sp³-hybridized carbons (Fsp3) is 0.333. The van der Waals surface area contributed by atoms with E-state index in [-0.39, 0.29) is 23.6 Å². The molecule has 0 heterocycles. The van der Waals surface area contributed by atoms with Gasteiger partial charge in [0.15, 0.2) is 0 Å². The predicted molar refractivity (Wildman–Crippen MR) is 60.9 cm³/mol. The standard InChI is InChI=1S/C12H13FN2O2/c1-17-7-3-6-12(16)15-11-5-2-4-10(13)9(11)8-14/h2,4-5H,3,6-7H2,1H3,(H,15,16). The zero-order valence-corrected chi connectivity index (χ0v) is 9.50. The lowest BCUT2D eigenvalue weighted by molar-refractivity contribution is -0.116. The first-order valence-electron chi connectivity index (χ1n) is 5.16. The molecule has 0 fully saturated rings. The summed E-state index contributed by atoms with van der Waals surface area (Å²) < 4.78 is 18.0.